The molecule has 2 aromatic carbocycles. The van der Waals surface area contributed by atoms with Crippen LogP contribution < -0.4 is 4.74 Å². The van der Waals surface area contributed by atoms with Gasteiger partial charge in [-0.2, -0.15) is 0 Å². The molecule has 0 aliphatic rings. The molecular weight excluding hydrogens is 298 g/mol. The van der Waals surface area contributed by atoms with Crippen molar-refractivity contribution in [2.45, 2.75) is 33.2 Å². The van der Waals surface area contributed by atoms with Crippen molar-refractivity contribution >= 4 is 16.7 Å². The first-order valence-corrected chi connectivity index (χ1v) is 8.43. The van der Waals surface area contributed by atoms with Gasteiger partial charge in [-0.15, -0.1) is 0 Å². The zero-order valence-corrected chi connectivity index (χ0v) is 14.5. The van der Waals surface area contributed by atoms with Crippen LogP contribution in [0, 0.1) is 0 Å². The largest absolute Gasteiger partial charge is 0.494 e. The molecule has 0 fully saturated rings. The van der Waals surface area contributed by atoms with Crippen molar-refractivity contribution in [3.63, 3.8) is 0 Å². The summed E-state index contributed by atoms with van der Waals surface area (Å²) in [5.74, 6) is 1.46. The van der Waals surface area contributed by atoms with Crippen LogP contribution in [0.2, 0.25) is 0 Å². The molecule has 0 unspecified atom stereocenters. The molecule has 3 rings (SSSR count). The number of ketones is 1. The fourth-order valence-electron chi connectivity index (χ4n) is 2.87. The second kappa shape index (κ2) is 6.91. The maximum atomic E-state index is 12.6. The number of hydrogen-bond acceptors (Lipinski definition) is 2. The Hall–Kier alpha value is -2.55. The molecule has 0 saturated heterocycles. The number of aromatic nitrogens is 1. The average molecular weight is 321 g/mol. The van der Waals surface area contributed by atoms with Crippen LogP contribution in [-0.2, 0) is 6.54 Å². The highest BCUT2D eigenvalue weighted by Gasteiger charge is 2.10. The second-order valence-electron chi connectivity index (χ2n) is 6.30. The lowest BCUT2D eigenvalue weighted by molar-refractivity contribution is 0.0973. The standard InChI is InChI=1S/C21H23NO2/c1-4-24-19-9-10-20-18(13-19)11-12-22(20)14-21(23)17-7-5-16(6-8-17)15(2)3/h5-13,15H,4,14H2,1-3H3. The van der Waals surface area contributed by atoms with E-state index in [2.05, 4.69) is 13.8 Å². The SMILES string of the molecule is CCOc1ccc2c(ccn2CC(=O)c2ccc(C(C)C)cc2)c1. The first kappa shape index (κ1) is 16.3. The lowest BCUT2D eigenvalue weighted by atomic mass is 10.0. The smallest absolute Gasteiger partial charge is 0.182 e. The third-order valence-electron chi connectivity index (χ3n) is 4.27. The van der Waals surface area contributed by atoms with Gasteiger partial charge in [0, 0.05) is 22.7 Å². The number of rotatable bonds is 6. The van der Waals surface area contributed by atoms with Crippen LogP contribution >= 0.6 is 0 Å². The van der Waals surface area contributed by atoms with Crippen molar-refractivity contribution in [2.24, 2.45) is 0 Å². The third kappa shape index (κ3) is 3.35. The summed E-state index contributed by atoms with van der Waals surface area (Å²) in [6.07, 6.45) is 1.96. The van der Waals surface area contributed by atoms with E-state index in [0.717, 1.165) is 22.2 Å². The van der Waals surface area contributed by atoms with Crippen LogP contribution in [0.15, 0.2) is 54.7 Å². The first-order chi connectivity index (χ1) is 11.6. The molecule has 0 N–H and O–H groups in total. The van der Waals surface area contributed by atoms with E-state index in [1.54, 1.807) is 0 Å². The maximum Gasteiger partial charge on any atom is 0.182 e. The topological polar surface area (TPSA) is 31.2 Å². The summed E-state index contributed by atoms with van der Waals surface area (Å²) in [4.78, 5) is 12.6. The van der Waals surface area contributed by atoms with E-state index in [9.17, 15) is 4.79 Å². The van der Waals surface area contributed by atoms with Crippen molar-refractivity contribution in [2.75, 3.05) is 6.61 Å². The molecule has 3 heteroatoms. The van der Waals surface area contributed by atoms with Gasteiger partial charge < -0.3 is 9.30 Å². The Bertz CT molecular complexity index is 844. The van der Waals surface area contributed by atoms with Crippen molar-refractivity contribution in [1.29, 1.82) is 0 Å². The van der Waals surface area contributed by atoms with Crippen LogP contribution in [0.1, 0.15) is 42.6 Å². The summed E-state index contributed by atoms with van der Waals surface area (Å²) in [5.41, 5.74) is 3.05. The van der Waals surface area contributed by atoms with Crippen LogP contribution in [0.4, 0.5) is 0 Å². The van der Waals surface area contributed by atoms with Gasteiger partial charge in [0.05, 0.1) is 13.2 Å². The second-order valence-corrected chi connectivity index (χ2v) is 6.30. The molecule has 0 spiro atoms. The van der Waals surface area contributed by atoms with E-state index in [-0.39, 0.29) is 5.78 Å². The molecule has 0 aliphatic heterocycles. The Balaban J connectivity index is 1.80. The van der Waals surface area contributed by atoms with E-state index < -0.39 is 0 Å². The van der Waals surface area contributed by atoms with Gasteiger partial charge in [-0.1, -0.05) is 38.1 Å². The lowest BCUT2D eigenvalue weighted by Crippen LogP contribution is -2.09. The number of ether oxygens (including phenoxy) is 1. The van der Waals surface area contributed by atoms with Crippen LogP contribution in [0.3, 0.4) is 0 Å². The van der Waals surface area contributed by atoms with E-state index in [1.165, 1.54) is 5.56 Å². The van der Waals surface area contributed by atoms with Crippen LogP contribution in [-0.4, -0.2) is 17.0 Å². The lowest BCUT2D eigenvalue weighted by Gasteiger charge is -2.08. The van der Waals surface area contributed by atoms with Crippen LogP contribution in [0.25, 0.3) is 10.9 Å². The molecule has 0 amide bonds. The van der Waals surface area contributed by atoms with Gasteiger partial charge in [-0.3, -0.25) is 4.79 Å². The molecule has 0 bridgehead atoms. The van der Waals surface area contributed by atoms with Crippen molar-refractivity contribution in [3.05, 3.63) is 65.9 Å². The number of carbonyl (C=O) groups excluding carboxylic acids is 1. The highest BCUT2D eigenvalue weighted by Crippen LogP contribution is 2.23. The molecule has 1 heterocycles. The number of carbonyl (C=O) groups is 1. The van der Waals surface area contributed by atoms with Gasteiger partial charge in [0.25, 0.3) is 0 Å². The Kier molecular flexibility index (Phi) is 4.70. The van der Waals surface area contributed by atoms with E-state index >= 15 is 0 Å². The average Bonchev–Trinajstić information content (AvgIpc) is 2.97. The summed E-state index contributed by atoms with van der Waals surface area (Å²) in [5, 5.41) is 1.09. The Morgan fingerprint density at radius 2 is 1.83 bits per heavy atom. The minimum atomic E-state index is 0.122. The Morgan fingerprint density at radius 3 is 2.50 bits per heavy atom. The van der Waals surface area contributed by atoms with Gasteiger partial charge in [0.1, 0.15) is 5.75 Å². The fourth-order valence-corrected chi connectivity index (χ4v) is 2.87. The summed E-state index contributed by atoms with van der Waals surface area (Å²) >= 11 is 0. The molecule has 3 aromatic rings. The predicted molar refractivity (Wildman–Crippen MR) is 98.0 cm³/mol. The molecule has 124 valence electrons. The van der Waals surface area contributed by atoms with Gasteiger partial charge in [-0.25, -0.2) is 0 Å². The predicted octanol–water partition coefficient (Wildman–Crippen LogP) is 5.05. The normalized spacial score (nSPS) is 11.2. The zero-order valence-electron chi connectivity index (χ0n) is 14.5. The van der Waals surface area contributed by atoms with Crippen molar-refractivity contribution < 1.29 is 9.53 Å². The Labute approximate surface area is 142 Å². The summed E-state index contributed by atoms with van der Waals surface area (Å²) < 4.78 is 7.52. The molecule has 0 radical (unpaired) electrons. The summed E-state index contributed by atoms with van der Waals surface area (Å²) in [6.45, 7) is 7.27. The third-order valence-corrected chi connectivity index (χ3v) is 4.27. The molecule has 24 heavy (non-hydrogen) atoms. The van der Waals surface area contributed by atoms with Gasteiger partial charge >= 0.3 is 0 Å². The summed E-state index contributed by atoms with van der Waals surface area (Å²) in [7, 11) is 0. The van der Waals surface area contributed by atoms with Crippen LogP contribution in [0.5, 0.6) is 5.75 Å². The van der Waals surface area contributed by atoms with Gasteiger partial charge in [-0.05, 0) is 42.7 Å². The number of nitrogens with zero attached hydrogens (tertiary/aromatic N) is 1. The van der Waals surface area contributed by atoms with Gasteiger partial charge in [0.2, 0.25) is 0 Å². The van der Waals surface area contributed by atoms with E-state index in [4.69, 9.17) is 4.74 Å². The number of hydrogen-bond donors (Lipinski definition) is 0. The van der Waals surface area contributed by atoms with E-state index in [0.29, 0.717) is 19.1 Å². The minimum Gasteiger partial charge on any atom is -0.494 e. The molecule has 0 aliphatic carbocycles. The van der Waals surface area contributed by atoms with Gasteiger partial charge in [0.15, 0.2) is 5.78 Å². The minimum absolute atomic E-state index is 0.122. The van der Waals surface area contributed by atoms with E-state index in [1.807, 2.05) is 66.2 Å². The number of benzene rings is 2. The highest BCUT2D eigenvalue weighted by atomic mass is 16.5. The van der Waals surface area contributed by atoms with Crippen molar-refractivity contribution in [3.8, 4) is 5.75 Å². The molecule has 0 saturated carbocycles. The number of Topliss-reactive ketones (excluding diaryl/α,β-unsaturated/α-hetero) is 1. The molecule has 1 aromatic heterocycles. The molecule has 0 atom stereocenters. The molecule has 3 nitrogen and oxygen atoms in total. The first-order valence-electron chi connectivity index (χ1n) is 8.43. The quantitative estimate of drug-likeness (QED) is 0.595. The zero-order chi connectivity index (χ0) is 17.1. The Morgan fingerprint density at radius 1 is 1.08 bits per heavy atom. The highest BCUT2D eigenvalue weighted by molar-refractivity contribution is 5.97. The van der Waals surface area contributed by atoms with Crippen molar-refractivity contribution in [1.82, 2.24) is 4.57 Å². The summed E-state index contributed by atoms with van der Waals surface area (Å²) in [6, 6.07) is 15.9. The molecular formula is C21H23NO2. The maximum absolute atomic E-state index is 12.6. The number of fused-ring (bicyclic) bond motifs is 1. The fraction of sp³-hybridized carbons (Fsp3) is 0.286. The monoisotopic (exact) mass is 321 g/mol.